The van der Waals surface area contributed by atoms with E-state index in [0.717, 1.165) is 38.4 Å². The highest BCUT2D eigenvalue weighted by molar-refractivity contribution is 7.07. The number of carbonyl (C=O) groups is 1. The third kappa shape index (κ3) is 3.84. The summed E-state index contributed by atoms with van der Waals surface area (Å²) in [5, 5.41) is 4.45. The fourth-order valence-corrected chi connectivity index (χ4v) is 2.65. The Hall–Kier alpha value is -1.83. The lowest BCUT2D eigenvalue weighted by Crippen LogP contribution is -2.35. The zero-order chi connectivity index (χ0) is 14.5. The molecule has 0 aliphatic carbocycles. The van der Waals surface area contributed by atoms with Gasteiger partial charge in [-0.05, 0) is 11.6 Å². The smallest absolute Gasteiger partial charge is 0.276 e. The number of anilines is 1. The molecule has 1 saturated heterocycles. The first-order valence-electron chi connectivity index (χ1n) is 6.76. The van der Waals surface area contributed by atoms with Gasteiger partial charge in [0.05, 0.1) is 18.7 Å². The average molecular weight is 304 g/mol. The molecular formula is C14H16N4O2S. The van der Waals surface area contributed by atoms with Crippen molar-refractivity contribution in [3.05, 3.63) is 40.5 Å². The molecule has 1 N–H and O–H groups in total. The maximum Gasteiger partial charge on any atom is 0.276 e. The number of hydrogen-bond acceptors (Lipinski definition) is 6. The Kier molecular flexibility index (Phi) is 4.54. The number of amides is 1. The van der Waals surface area contributed by atoms with Crippen molar-refractivity contribution in [3.63, 3.8) is 0 Å². The van der Waals surface area contributed by atoms with E-state index in [1.165, 1.54) is 11.3 Å². The van der Waals surface area contributed by atoms with Crippen LogP contribution in [0, 0.1) is 0 Å². The van der Waals surface area contributed by atoms with Crippen LogP contribution < -0.4 is 5.32 Å². The van der Waals surface area contributed by atoms with Crippen molar-refractivity contribution in [2.24, 2.45) is 0 Å². The second-order valence-corrected chi connectivity index (χ2v) is 5.49. The highest BCUT2D eigenvalue weighted by Crippen LogP contribution is 2.11. The van der Waals surface area contributed by atoms with Crippen LogP contribution in [0.1, 0.15) is 16.1 Å². The molecule has 3 heterocycles. The highest BCUT2D eigenvalue weighted by Gasteiger charge is 2.11. The van der Waals surface area contributed by atoms with Crippen molar-refractivity contribution in [1.82, 2.24) is 14.9 Å². The number of thiazole rings is 1. The van der Waals surface area contributed by atoms with E-state index in [4.69, 9.17) is 4.74 Å². The van der Waals surface area contributed by atoms with Gasteiger partial charge in [-0.3, -0.25) is 9.69 Å². The van der Waals surface area contributed by atoms with E-state index in [1.54, 1.807) is 17.1 Å². The van der Waals surface area contributed by atoms with Crippen molar-refractivity contribution in [3.8, 4) is 0 Å². The van der Waals surface area contributed by atoms with Gasteiger partial charge in [-0.15, -0.1) is 11.3 Å². The Morgan fingerprint density at radius 2 is 2.19 bits per heavy atom. The topological polar surface area (TPSA) is 67.4 Å². The number of morpholine rings is 1. The summed E-state index contributed by atoms with van der Waals surface area (Å²) in [7, 11) is 0. The Morgan fingerprint density at radius 3 is 2.86 bits per heavy atom. The molecule has 0 spiro atoms. The van der Waals surface area contributed by atoms with Gasteiger partial charge in [0.2, 0.25) is 0 Å². The Bertz CT molecular complexity index is 580. The van der Waals surface area contributed by atoms with Crippen LogP contribution in [0.5, 0.6) is 0 Å². The number of ether oxygens (including phenoxy) is 1. The molecule has 2 aromatic rings. The third-order valence-corrected chi connectivity index (χ3v) is 3.83. The van der Waals surface area contributed by atoms with Gasteiger partial charge in [0.1, 0.15) is 11.5 Å². The van der Waals surface area contributed by atoms with Gasteiger partial charge in [0.25, 0.3) is 5.91 Å². The van der Waals surface area contributed by atoms with Crippen LogP contribution in [0.4, 0.5) is 5.82 Å². The van der Waals surface area contributed by atoms with E-state index in [2.05, 4.69) is 20.2 Å². The summed E-state index contributed by atoms with van der Waals surface area (Å²) in [6.07, 6.45) is 1.80. The molecule has 1 aliphatic rings. The zero-order valence-corrected chi connectivity index (χ0v) is 12.3. The minimum absolute atomic E-state index is 0.232. The number of rotatable bonds is 4. The molecule has 3 rings (SSSR count). The van der Waals surface area contributed by atoms with Gasteiger partial charge >= 0.3 is 0 Å². The monoisotopic (exact) mass is 304 g/mol. The van der Waals surface area contributed by atoms with Crippen LogP contribution in [-0.2, 0) is 11.3 Å². The molecule has 1 amide bonds. The van der Waals surface area contributed by atoms with Crippen LogP contribution in [0.3, 0.4) is 0 Å². The summed E-state index contributed by atoms with van der Waals surface area (Å²) in [6.45, 7) is 4.33. The Labute approximate surface area is 126 Å². The quantitative estimate of drug-likeness (QED) is 0.930. The van der Waals surface area contributed by atoms with E-state index in [9.17, 15) is 4.79 Å². The molecular weight excluding hydrogens is 288 g/mol. The summed E-state index contributed by atoms with van der Waals surface area (Å²) in [6, 6.07) is 3.80. The lowest BCUT2D eigenvalue weighted by molar-refractivity contribution is 0.0341. The van der Waals surface area contributed by atoms with Crippen molar-refractivity contribution < 1.29 is 9.53 Å². The second kappa shape index (κ2) is 6.75. The molecule has 0 radical (unpaired) electrons. The van der Waals surface area contributed by atoms with Gasteiger partial charge in [-0.25, -0.2) is 9.97 Å². The van der Waals surface area contributed by atoms with Gasteiger partial charge in [-0.1, -0.05) is 6.07 Å². The largest absolute Gasteiger partial charge is 0.379 e. The summed E-state index contributed by atoms with van der Waals surface area (Å²) in [5.74, 6) is 0.309. The predicted octanol–water partition coefficient (Wildman–Crippen LogP) is 1.62. The van der Waals surface area contributed by atoms with E-state index in [0.29, 0.717) is 11.5 Å². The van der Waals surface area contributed by atoms with E-state index in [-0.39, 0.29) is 5.91 Å². The number of aromatic nitrogens is 2. The Morgan fingerprint density at radius 1 is 1.33 bits per heavy atom. The van der Waals surface area contributed by atoms with Crippen LogP contribution in [0.25, 0.3) is 0 Å². The molecule has 21 heavy (non-hydrogen) atoms. The Balaban J connectivity index is 1.57. The number of carbonyl (C=O) groups excluding carboxylic acids is 1. The van der Waals surface area contributed by atoms with Crippen LogP contribution >= 0.6 is 11.3 Å². The van der Waals surface area contributed by atoms with E-state index >= 15 is 0 Å². The van der Waals surface area contributed by atoms with Crippen molar-refractivity contribution in [2.75, 3.05) is 31.6 Å². The van der Waals surface area contributed by atoms with Gasteiger partial charge in [0.15, 0.2) is 0 Å². The average Bonchev–Trinajstić information content (AvgIpc) is 3.05. The summed E-state index contributed by atoms with van der Waals surface area (Å²) in [5.41, 5.74) is 3.18. The van der Waals surface area contributed by atoms with Gasteiger partial charge in [-0.2, -0.15) is 0 Å². The normalized spacial score (nSPS) is 15.8. The first-order chi connectivity index (χ1) is 10.3. The minimum Gasteiger partial charge on any atom is -0.379 e. The summed E-state index contributed by atoms with van der Waals surface area (Å²) >= 11 is 1.39. The maximum absolute atomic E-state index is 11.8. The van der Waals surface area contributed by atoms with Crippen molar-refractivity contribution in [1.29, 1.82) is 0 Å². The lowest BCUT2D eigenvalue weighted by atomic mass is 10.2. The van der Waals surface area contributed by atoms with E-state index < -0.39 is 0 Å². The molecule has 110 valence electrons. The molecule has 1 aliphatic heterocycles. The maximum atomic E-state index is 11.8. The molecule has 0 unspecified atom stereocenters. The summed E-state index contributed by atoms with van der Waals surface area (Å²) in [4.78, 5) is 22.4. The first kappa shape index (κ1) is 14.1. The molecule has 0 saturated carbocycles. The van der Waals surface area contributed by atoms with Gasteiger partial charge in [0, 0.05) is 31.2 Å². The summed E-state index contributed by atoms with van der Waals surface area (Å²) < 4.78 is 5.33. The fraction of sp³-hybridized carbons (Fsp3) is 0.357. The molecule has 0 bridgehead atoms. The predicted molar refractivity (Wildman–Crippen MR) is 80.4 cm³/mol. The number of pyridine rings is 1. The number of hydrogen-bond donors (Lipinski definition) is 1. The third-order valence-electron chi connectivity index (χ3n) is 3.24. The number of nitrogens with one attached hydrogen (secondary N) is 1. The number of nitrogens with zero attached hydrogens (tertiary/aromatic N) is 3. The molecule has 0 atom stereocenters. The molecule has 1 fully saturated rings. The SMILES string of the molecule is O=C(Nc1ccc(CN2CCOCC2)cn1)c1cscn1. The standard InChI is InChI=1S/C14H16N4O2S/c19-14(12-9-21-10-16-12)17-13-2-1-11(7-15-13)8-18-3-5-20-6-4-18/h1-2,7,9-10H,3-6,8H2,(H,15,17,19). The van der Waals surface area contributed by atoms with Crippen molar-refractivity contribution in [2.45, 2.75) is 6.54 Å². The van der Waals surface area contributed by atoms with Gasteiger partial charge < -0.3 is 10.1 Å². The minimum atomic E-state index is -0.232. The zero-order valence-electron chi connectivity index (χ0n) is 11.5. The molecule has 0 aromatic carbocycles. The highest BCUT2D eigenvalue weighted by atomic mass is 32.1. The second-order valence-electron chi connectivity index (χ2n) is 4.77. The first-order valence-corrected chi connectivity index (χ1v) is 7.70. The van der Waals surface area contributed by atoms with Crippen LogP contribution in [-0.4, -0.2) is 47.1 Å². The molecule has 6 nitrogen and oxygen atoms in total. The molecule has 2 aromatic heterocycles. The van der Waals surface area contributed by atoms with Crippen molar-refractivity contribution >= 4 is 23.1 Å². The lowest BCUT2D eigenvalue weighted by Gasteiger charge is -2.26. The van der Waals surface area contributed by atoms with Crippen LogP contribution in [0.15, 0.2) is 29.2 Å². The molecule has 7 heteroatoms. The van der Waals surface area contributed by atoms with Crippen LogP contribution in [0.2, 0.25) is 0 Å². The van der Waals surface area contributed by atoms with E-state index in [1.807, 2.05) is 12.1 Å². The fourth-order valence-electron chi connectivity index (χ4n) is 2.11.